The molecule has 0 spiro atoms. The minimum absolute atomic E-state index is 0.390. The Hall–Kier alpha value is -1.26. The van der Waals surface area contributed by atoms with Crippen molar-refractivity contribution in [1.82, 2.24) is 5.32 Å². The standard InChI is InChI=1S/C23H38N2O2/c1-22(2)15-18(16-23(3,4)17-22)20-7-6-19(27-13-12-26-5)14-21(20)25-10-8-24-9-11-25/h6-7,14,18,24H,8-13,15-17H2,1-5H3. The summed E-state index contributed by atoms with van der Waals surface area (Å²) in [5, 5.41) is 3.48. The van der Waals surface area contributed by atoms with Gasteiger partial charge in [-0.2, -0.15) is 0 Å². The summed E-state index contributed by atoms with van der Waals surface area (Å²) < 4.78 is 11.1. The molecule has 1 aromatic carbocycles. The van der Waals surface area contributed by atoms with Gasteiger partial charge in [-0.25, -0.2) is 0 Å². The van der Waals surface area contributed by atoms with Crippen LogP contribution < -0.4 is 15.0 Å². The van der Waals surface area contributed by atoms with E-state index >= 15 is 0 Å². The number of benzene rings is 1. The summed E-state index contributed by atoms with van der Waals surface area (Å²) >= 11 is 0. The highest BCUT2D eigenvalue weighted by Gasteiger charge is 2.40. The molecule has 1 aliphatic carbocycles. The van der Waals surface area contributed by atoms with Crippen molar-refractivity contribution in [2.75, 3.05) is 51.4 Å². The lowest BCUT2D eigenvalue weighted by Gasteiger charge is -2.46. The van der Waals surface area contributed by atoms with E-state index in [-0.39, 0.29) is 0 Å². The van der Waals surface area contributed by atoms with Gasteiger partial charge < -0.3 is 19.7 Å². The van der Waals surface area contributed by atoms with E-state index in [9.17, 15) is 0 Å². The largest absolute Gasteiger partial charge is 0.491 e. The van der Waals surface area contributed by atoms with Crippen LogP contribution in [0.3, 0.4) is 0 Å². The van der Waals surface area contributed by atoms with Crippen molar-refractivity contribution in [1.29, 1.82) is 0 Å². The third-order valence-electron chi connectivity index (χ3n) is 6.01. The minimum atomic E-state index is 0.390. The van der Waals surface area contributed by atoms with E-state index in [1.807, 2.05) is 0 Å². The van der Waals surface area contributed by atoms with E-state index in [1.54, 1.807) is 7.11 Å². The molecule has 0 radical (unpaired) electrons. The maximum atomic E-state index is 5.93. The lowest BCUT2D eigenvalue weighted by atomic mass is 9.60. The van der Waals surface area contributed by atoms with Crippen LogP contribution in [0.1, 0.15) is 58.4 Å². The molecule has 27 heavy (non-hydrogen) atoms. The van der Waals surface area contributed by atoms with Crippen LogP contribution in [0.2, 0.25) is 0 Å². The lowest BCUT2D eigenvalue weighted by Crippen LogP contribution is -2.44. The number of rotatable bonds is 6. The number of hydrogen-bond donors (Lipinski definition) is 1. The van der Waals surface area contributed by atoms with Gasteiger partial charge in [-0.05, 0) is 47.6 Å². The molecule has 152 valence electrons. The Morgan fingerprint density at radius 1 is 1.04 bits per heavy atom. The normalized spacial score (nSPS) is 22.6. The zero-order valence-corrected chi connectivity index (χ0v) is 17.9. The first kappa shape index (κ1) is 20.5. The van der Waals surface area contributed by atoms with E-state index in [0.717, 1.165) is 31.9 Å². The van der Waals surface area contributed by atoms with E-state index < -0.39 is 0 Å². The average Bonchev–Trinajstić information content (AvgIpc) is 2.60. The van der Waals surface area contributed by atoms with Crippen LogP contribution in [0, 0.1) is 10.8 Å². The zero-order chi connectivity index (χ0) is 19.5. The first-order valence-electron chi connectivity index (χ1n) is 10.5. The van der Waals surface area contributed by atoms with Crippen LogP contribution in [0.4, 0.5) is 5.69 Å². The molecular formula is C23H38N2O2. The van der Waals surface area contributed by atoms with Crippen molar-refractivity contribution >= 4 is 5.69 Å². The molecule has 1 aromatic rings. The number of nitrogens with one attached hydrogen (secondary N) is 1. The molecular weight excluding hydrogens is 336 g/mol. The van der Waals surface area contributed by atoms with Gasteiger partial charge in [-0.15, -0.1) is 0 Å². The van der Waals surface area contributed by atoms with Crippen molar-refractivity contribution in [3.8, 4) is 5.75 Å². The number of ether oxygens (including phenoxy) is 2. The first-order valence-corrected chi connectivity index (χ1v) is 10.5. The topological polar surface area (TPSA) is 33.7 Å². The van der Waals surface area contributed by atoms with Gasteiger partial charge in [0.2, 0.25) is 0 Å². The summed E-state index contributed by atoms with van der Waals surface area (Å²) in [6.07, 6.45) is 3.83. The van der Waals surface area contributed by atoms with Gasteiger partial charge in [0.1, 0.15) is 12.4 Å². The predicted molar refractivity (Wildman–Crippen MR) is 113 cm³/mol. The van der Waals surface area contributed by atoms with Crippen molar-refractivity contribution < 1.29 is 9.47 Å². The Balaban J connectivity index is 1.90. The van der Waals surface area contributed by atoms with Crippen molar-refractivity contribution in [3.05, 3.63) is 23.8 Å². The van der Waals surface area contributed by atoms with Gasteiger partial charge >= 0.3 is 0 Å². The van der Waals surface area contributed by atoms with Crippen molar-refractivity contribution in [2.45, 2.75) is 52.9 Å². The van der Waals surface area contributed by atoms with Gasteiger partial charge in [-0.1, -0.05) is 33.8 Å². The molecule has 0 unspecified atom stereocenters. The third-order valence-corrected chi connectivity index (χ3v) is 6.01. The van der Waals surface area contributed by atoms with E-state index in [4.69, 9.17) is 9.47 Å². The maximum Gasteiger partial charge on any atom is 0.121 e. The predicted octanol–water partition coefficient (Wildman–Crippen LogP) is 4.44. The monoisotopic (exact) mass is 374 g/mol. The molecule has 2 fully saturated rings. The Bertz CT molecular complexity index is 605. The van der Waals surface area contributed by atoms with Crippen LogP contribution in [-0.4, -0.2) is 46.5 Å². The maximum absolute atomic E-state index is 5.93. The van der Waals surface area contributed by atoms with Gasteiger partial charge in [0.25, 0.3) is 0 Å². The lowest BCUT2D eigenvalue weighted by molar-refractivity contribution is 0.0970. The third kappa shape index (κ3) is 5.39. The summed E-state index contributed by atoms with van der Waals surface area (Å²) in [5.41, 5.74) is 3.67. The van der Waals surface area contributed by atoms with Crippen LogP contribution in [0.5, 0.6) is 5.75 Å². The Morgan fingerprint density at radius 3 is 2.33 bits per heavy atom. The Morgan fingerprint density at radius 2 is 1.70 bits per heavy atom. The number of methoxy groups -OCH3 is 1. The SMILES string of the molecule is COCCOc1ccc(C2CC(C)(C)CC(C)(C)C2)c(N2CCNCC2)c1. The molecule has 0 bridgehead atoms. The summed E-state index contributed by atoms with van der Waals surface area (Å²) in [6, 6.07) is 6.76. The van der Waals surface area contributed by atoms with Crippen LogP contribution in [0.15, 0.2) is 18.2 Å². The van der Waals surface area contributed by atoms with Crippen LogP contribution >= 0.6 is 0 Å². The quantitative estimate of drug-likeness (QED) is 0.746. The van der Waals surface area contributed by atoms with E-state index in [1.165, 1.54) is 30.5 Å². The highest BCUT2D eigenvalue weighted by atomic mass is 16.5. The van der Waals surface area contributed by atoms with Gasteiger partial charge in [-0.3, -0.25) is 0 Å². The summed E-state index contributed by atoms with van der Waals surface area (Å²) in [6.45, 7) is 15.2. The van der Waals surface area contributed by atoms with Crippen molar-refractivity contribution in [3.63, 3.8) is 0 Å². The van der Waals surface area contributed by atoms with Crippen LogP contribution in [-0.2, 0) is 4.74 Å². The molecule has 0 amide bonds. The second kappa shape index (κ2) is 8.40. The molecule has 1 N–H and O–H groups in total. The fourth-order valence-corrected chi connectivity index (χ4v) is 5.45. The molecule has 4 nitrogen and oxygen atoms in total. The van der Waals surface area contributed by atoms with Gasteiger partial charge in [0.05, 0.1) is 6.61 Å². The molecule has 1 aliphatic heterocycles. The fourth-order valence-electron chi connectivity index (χ4n) is 5.45. The molecule has 2 aliphatic rings. The zero-order valence-electron chi connectivity index (χ0n) is 17.9. The second-order valence-electron chi connectivity index (χ2n) is 9.91. The van der Waals surface area contributed by atoms with E-state index in [2.05, 4.69) is 56.1 Å². The number of piperazine rings is 1. The van der Waals surface area contributed by atoms with E-state index in [0.29, 0.717) is 30.0 Å². The number of hydrogen-bond acceptors (Lipinski definition) is 4. The number of anilines is 1. The summed E-state index contributed by atoms with van der Waals surface area (Å²) in [7, 11) is 1.71. The molecule has 0 atom stereocenters. The molecule has 3 rings (SSSR count). The molecule has 4 heteroatoms. The van der Waals surface area contributed by atoms with Crippen molar-refractivity contribution in [2.24, 2.45) is 10.8 Å². The first-order chi connectivity index (χ1) is 12.8. The number of nitrogens with zero attached hydrogens (tertiary/aromatic N) is 1. The molecule has 1 saturated heterocycles. The second-order valence-corrected chi connectivity index (χ2v) is 9.91. The highest BCUT2D eigenvalue weighted by molar-refractivity contribution is 5.59. The summed E-state index contributed by atoms with van der Waals surface area (Å²) in [5.74, 6) is 1.57. The summed E-state index contributed by atoms with van der Waals surface area (Å²) in [4.78, 5) is 2.55. The molecule has 0 aromatic heterocycles. The average molecular weight is 375 g/mol. The Labute approximate surface area is 165 Å². The van der Waals surface area contributed by atoms with Gasteiger partial charge in [0.15, 0.2) is 0 Å². The van der Waals surface area contributed by atoms with Gasteiger partial charge in [0, 0.05) is 45.0 Å². The highest BCUT2D eigenvalue weighted by Crippen LogP contribution is 2.53. The van der Waals surface area contributed by atoms with Crippen LogP contribution in [0.25, 0.3) is 0 Å². The minimum Gasteiger partial charge on any atom is -0.491 e. The fraction of sp³-hybridized carbons (Fsp3) is 0.739. The Kier molecular flexibility index (Phi) is 6.37. The molecule has 1 heterocycles. The smallest absolute Gasteiger partial charge is 0.121 e. The molecule has 1 saturated carbocycles.